The van der Waals surface area contributed by atoms with E-state index in [9.17, 15) is 9.59 Å². The molecular formula is C24H21N5O2. The third-order valence-electron chi connectivity index (χ3n) is 5.61. The Morgan fingerprint density at radius 2 is 1.71 bits per heavy atom. The second-order valence-corrected chi connectivity index (χ2v) is 7.94. The molecule has 5 rings (SSSR count). The summed E-state index contributed by atoms with van der Waals surface area (Å²) in [6.45, 7) is 5.60. The number of benzene rings is 2. The SMILES string of the molecule is Cc1cc(C)nc(-n2nc(C)c3c2NC(=O)CC3C(=O)c2ccc3ccccc3c2)n1. The largest absolute Gasteiger partial charge is 0.310 e. The predicted molar refractivity (Wildman–Crippen MR) is 118 cm³/mol. The number of rotatable bonds is 3. The molecule has 154 valence electrons. The van der Waals surface area contributed by atoms with Crippen LogP contribution in [0.15, 0.2) is 48.5 Å². The Labute approximate surface area is 179 Å². The van der Waals surface area contributed by atoms with Crippen LogP contribution in [0.5, 0.6) is 0 Å². The summed E-state index contributed by atoms with van der Waals surface area (Å²) in [4.78, 5) is 35.0. The van der Waals surface area contributed by atoms with Crippen molar-refractivity contribution in [1.29, 1.82) is 0 Å². The lowest BCUT2D eigenvalue weighted by Crippen LogP contribution is -2.28. The molecular weight excluding hydrogens is 390 g/mol. The zero-order valence-electron chi connectivity index (χ0n) is 17.5. The first-order valence-corrected chi connectivity index (χ1v) is 10.2. The number of amides is 1. The van der Waals surface area contributed by atoms with Crippen molar-refractivity contribution in [3.63, 3.8) is 0 Å². The Morgan fingerprint density at radius 1 is 1.00 bits per heavy atom. The van der Waals surface area contributed by atoms with Gasteiger partial charge in [0.25, 0.3) is 5.95 Å². The van der Waals surface area contributed by atoms with Crippen LogP contribution in [-0.2, 0) is 4.79 Å². The van der Waals surface area contributed by atoms with Crippen molar-refractivity contribution in [3.8, 4) is 5.95 Å². The highest BCUT2D eigenvalue weighted by Gasteiger charge is 2.36. The fourth-order valence-electron chi connectivity index (χ4n) is 4.26. The maximum Gasteiger partial charge on any atom is 0.252 e. The Balaban J connectivity index is 1.62. The third kappa shape index (κ3) is 3.28. The lowest BCUT2D eigenvalue weighted by molar-refractivity contribution is -0.116. The van der Waals surface area contributed by atoms with Crippen molar-refractivity contribution in [2.45, 2.75) is 33.1 Å². The molecule has 4 aromatic rings. The number of nitrogens with one attached hydrogen (secondary N) is 1. The van der Waals surface area contributed by atoms with E-state index in [2.05, 4.69) is 20.4 Å². The predicted octanol–water partition coefficient (Wildman–Crippen LogP) is 4.05. The van der Waals surface area contributed by atoms with Crippen LogP contribution in [0.2, 0.25) is 0 Å². The molecule has 0 fully saturated rings. The molecule has 1 aliphatic heterocycles. The summed E-state index contributed by atoms with van der Waals surface area (Å²) in [6.07, 6.45) is 0.0822. The van der Waals surface area contributed by atoms with Crippen LogP contribution in [0, 0.1) is 20.8 Å². The maximum atomic E-state index is 13.5. The number of fused-ring (bicyclic) bond motifs is 2. The topological polar surface area (TPSA) is 89.8 Å². The summed E-state index contributed by atoms with van der Waals surface area (Å²) in [7, 11) is 0. The minimum absolute atomic E-state index is 0.0822. The number of hydrogen-bond acceptors (Lipinski definition) is 5. The van der Waals surface area contributed by atoms with Gasteiger partial charge in [-0.15, -0.1) is 0 Å². The van der Waals surface area contributed by atoms with Gasteiger partial charge in [-0.2, -0.15) is 9.78 Å². The van der Waals surface area contributed by atoms with Gasteiger partial charge in [0.15, 0.2) is 5.78 Å². The molecule has 1 atom stereocenters. The highest BCUT2D eigenvalue weighted by atomic mass is 16.2. The van der Waals surface area contributed by atoms with Gasteiger partial charge in [0.2, 0.25) is 5.91 Å². The number of nitrogens with zero attached hydrogens (tertiary/aromatic N) is 4. The van der Waals surface area contributed by atoms with Crippen LogP contribution < -0.4 is 5.32 Å². The van der Waals surface area contributed by atoms with E-state index >= 15 is 0 Å². The molecule has 3 heterocycles. The lowest BCUT2D eigenvalue weighted by atomic mass is 9.85. The second-order valence-electron chi connectivity index (χ2n) is 7.94. The van der Waals surface area contributed by atoms with Crippen LogP contribution in [0.4, 0.5) is 5.82 Å². The van der Waals surface area contributed by atoms with E-state index in [1.807, 2.05) is 69.3 Å². The second kappa shape index (κ2) is 7.12. The number of anilines is 1. The van der Waals surface area contributed by atoms with Crippen molar-refractivity contribution in [2.75, 3.05) is 5.32 Å². The van der Waals surface area contributed by atoms with Crippen LogP contribution in [0.1, 0.15) is 45.3 Å². The normalized spacial score (nSPS) is 15.6. The highest BCUT2D eigenvalue weighted by Crippen LogP contribution is 2.38. The number of aryl methyl sites for hydroxylation is 3. The van der Waals surface area contributed by atoms with Crippen molar-refractivity contribution in [3.05, 3.63) is 76.7 Å². The van der Waals surface area contributed by atoms with Gasteiger partial charge >= 0.3 is 0 Å². The number of carbonyl (C=O) groups is 2. The van der Waals surface area contributed by atoms with Crippen molar-refractivity contribution in [1.82, 2.24) is 19.7 Å². The van der Waals surface area contributed by atoms with Crippen molar-refractivity contribution >= 4 is 28.3 Å². The van der Waals surface area contributed by atoms with Crippen LogP contribution in [-0.4, -0.2) is 31.4 Å². The smallest absolute Gasteiger partial charge is 0.252 e. The summed E-state index contributed by atoms with van der Waals surface area (Å²) in [5.41, 5.74) is 3.59. The van der Waals surface area contributed by atoms with Gasteiger partial charge < -0.3 is 5.32 Å². The Morgan fingerprint density at radius 3 is 2.45 bits per heavy atom. The highest BCUT2D eigenvalue weighted by molar-refractivity contribution is 6.09. The van der Waals surface area contributed by atoms with E-state index in [1.54, 1.807) is 0 Å². The molecule has 31 heavy (non-hydrogen) atoms. The molecule has 0 bridgehead atoms. The van der Waals surface area contributed by atoms with E-state index in [1.165, 1.54) is 4.68 Å². The van der Waals surface area contributed by atoms with E-state index in [0.29, 0.717) is 23.0 Å². The first kappa shape index (κ1) is 19.1. The van der Waals surface area contributed by atoms with Crippen molar-refractivity contribution < 1.29 is 9.59 Å². The number of Topliss-reactive ketones (excluding diaryl/α,β-unsaturated/α-hetero) is 1. The molecule has 0 saturated heterocycles. The van der Waals surface area contributed by atoms with E-state index < -0.39 is 5.92 Å². The van der Waals surface area contributed by atoms with Gasteiger partial charge in [-0.05, 0) is 43.7 Å². The molecule has 2 aromatic carbocycles. The lowest BCUT2D eigenvalue weighted by Gasteiger charge is -2.23. The van der Waals surface area contributed by atoms with Crippen LogP contribution in [0.3, 0.4) is 0 Å². The first-order chi connectivity index (χ1) is 14.9. The monoisotopic (exact) mass is 411 g/mol. The quantitative estimate of drug-likeness (QED) is 0.514. The van der Waals surface area contributed by atoms with Gasteiger partial charge in [0.05, 0.1) is 11.6 Å². The van der Waals surface area contributed by atoms with E-state index in [4.69, 9.17) is 0 Å². The summed E-state index contributed by atoms with van der Waals surface area (Å²) < 4.78 is 1.53. The minimum atomic E-state index is -0.607. The minimum Gasteiger partial charge on any atom is -0.310 e. The molecule has 0 saturated carbocycles. The van der Waals surface area contributed by atoms with Crippen molar-refractivity contribution in [2.24, 2.45) is 0 Å². The molecule has 1 unspecified atom stereocenters. The summed E-state index contributed by atoms with van der Waals surface area (Å²) >= 11 is 0. The average molecular weight is 411 g/mol. The Bertz CT molecular complexity index is 1350. The van der Waals surface area contributed by atoms with Gasteiger partial charge in [-0.1, -0.05) is 36.4 Å². The number of carbonyl (C=O) groups excluding carboxylic acids is 2. The number of hydrogen-bond donors (Lipinski definition) is 1. The molecule has 0 radical (unpaired) electrons. The number of ketones is 1. The molecule has 7 nitrogen and oxygen atoms in total. The third-order valence-corrected chi connectivity index (χ3v) is 5.61. The van der Waals surface area contributed by atoms with Gasteiger partial charge in [0.1, 0.15) is 5.82 Å². The molecule has 1 amide bonds. The summed E-state index contributed by atoms with van der Waals surface area (Å²) in [5, 5.41) is 9.52. The van der Waals surface area contributed by atoms with E-state index in [0.717, 1.165) is 27.7 Å². The zero-order valence-corrected chi connectivity index (χ0v) is 17.5. The van der Waals surface area contributed by atoms with Crippen LogP contribution in [0.25, 0.3) is 16.7 Å². The van der Waals surface area contributed by atoms with E-state index in [-0.39, 0.29) is 18.1 Å². The standard InChI is InChI=1S/C24H21N5O2/c1-13-10-14(2)26-24(25-13)29-23-21(15(3)28-29)19(12-20(30)27-23)22(31)18-9-8-16-6-4-5-7-17(16)11-18/h4-11,19H,12H2,1-3H3,(H,27,30). The molecule has 2 aromatic heterocycles. The Kier molecular flexibility index (Phi) is 4.39. The molecule has 0 spiro atoms. The summed E-state index contributed by atoms with van der Waals surface area (Å²) in [6, 6.07) is 15.4. The zero-order chi connectivity index (χ0) is 21.7. The average Bonchev–Trinajstić information content (AvgIpc) is 3.08. The Hall–Kier alpha value is -3.87. The van der Waals surface area contributed by atoms with Gasteiger partial charge in [0, 0.05) is 28.9 Å². The van der Waals surface area contributed by atoms with Gasteiger partial charge in [-0.3, -0.25) is 9.59 Å². The fourth-order valence-corrected chi connectivity index (χ4v) is 4.26. The summed E-state index contributed by atoms with van der Waals surface area (Å²) in [5.74, 6) is -0.0774. The van der Waals surface area contributed by atoms with Gasteiger partial charge in [-0.25, -0.2) is 9.97 Å². The number of aromatic nitrogens is 4. The van der Waals surface area contributed by atoms with Crippen LogP contribution >= 0.6 is 0 Å². The maximum absolute atomic E-state index is 13.5. The fraction of sp³-hybridized carbons (Fsp3) is 0.208. The molecule has 1 N–H and O–H groups in total. The molecule has 7 heteroatoms. The first-order valence-electron chi connectivity index (χ1n) is 10.2. The molecule has 0 aliphatic carbocycles. The molecule has 1 aliphatic rings.